The van der Waals surface area contributed by atoms with E-state index in [1.165, 1.54) is 6.20 Å². The number of hydrogen-bond acceptors (Lipinski definition) is 8. The Balaban J connectivity index is 2.29. The standard InChI is InChI=1S/C9H14N4O4/c10-8-3(1-12-9(11)13-8)7-6(16)5(15)4(2-14)17-7/h1,4-7,14-16H,2H2,(H4,10,11,12,13). The molecule has 2 heterocycles. The van der Waals surface area contributed by atoms with Gasteiger partial charge in [-0.05, 0) is 0 Å². The van der Waals surface area contributed by atoms with Gasteiger partial charge in [0.15, 0.2) is 0 Å². The number of aliphatic hydroxyl groups excluding tert-OH is 3. The SMILES string of the molecule is Nc1ncc(C2OC(CO)C(O)C2O)c(N)n1. The van der Waals surface area contributed by atoms with Crippen LogP contribution in [0, 0.1) is 0 Å². The molecule has 0 bridgehead atoms. The van der Waals surface area contributed by atoms with Gasteiger partial charge in [0.25, 0.3) is 0 Å². The molecule has 94 valence electrons. The van der Waals surface area contributed by atoms with Gasteiger partial charge in [0.1, 0.15) is 30.2 Å². The minimum atomic E-state index is -1.19. The second-order valence-electron chi connectivity index (χ2n) is 3.83. The fourth-order valence-electron chi connectivity index (χ4n) is 1.79. The molecule has 8 heteroatoms. The van der Waals surface area contributed by atoms with Gasteiger partial charge in [0.2, 0.25) is 5.95 Å². The monoisotopic (exact) mass is 242 g/mol. The number of ether oxygens (including phenoxy) is 1. The maximum Gasteiger partial charge on any atom is 0.221 e. The zero-order valence-corrected chi connectivity index (χ0v) is 8.89. The summed E-state index contributed by atoms with van der Waals surface area (Å²) in [7, 11) is 0. The van der Waals surface area contributed by atoms with Crippen molar-refractivity contribution >= 4 is 11.8 Å². The summed E-state index contributed by atoms with van der Waals surface area (Å²) in [4.78, 5) is 7.48. The fraction of sp³-hybridized carbons (Fsp3) is 0.556. The van der Waals surface area contributed by atoms with Crippen LogP contribution in [-0.4, -0.2) is 50.2 Å². The highest BCUT2D eigenvalue weighted by Crippen LogP contribution is 2.35. The summed E-state index contributed by atoms with van der Waals surface area (Å²) in [5.74, 6) is 0.0883. The molecule has 0 aliphatic carbocycles. The van der Waals surface area contributed by atoms with E-state index in [2.05, 4.69) is 9.97 Å². The molecule has 4 atom stereocenters. The number of rotatable bonds is 2. The normalized spacial score (nSPS) is 32.9. The summed E-state index contributed by atoms with van der Waals surface area (Å²) in [6.07, 6.45) is -2.77. The molecule has 1 aliphatic rings. The van der Waals surface area contributed by atoms with Crippen molar-refractivity contribution in [2.24, 2.45) is 0 Å². The first-order valence-electron chi connectivity index (χ1n) is 5.05. The van der Waals surface area contributed by atoms with Gasteiger partial charge < -0.3 is 31.5 Å². The van der Waals surface area contributed by atoms with Gasteiger partial charge in [-0.15, -0.1) is 0 Å². The first-order valence-corrected chi connectivity index (χ1v) is 5.05. The first-order chi connectivity index (χ1) is 8.04. The highest BCUT2D eigenvalue weighted by Gasteiger charge is 2.44. The van der Waals surface area contributed by atoms with Crippen LogP contribution in [0.4, 0.5) is 11.8 Å². The predicted octanol–water partition coefficient (Wildman–Crippen LogP) is -2.20. The third-order valence-corrected chi connectivity index (χ3v) is 2.72. The smallest absolute Gasteiger partial charge is 0.221 e. The molecule has 7 N–H and O–H groups in total. The molecule has 1 saturated heterocycles. The number of hydrogen-bond donors (Lipinski definition) is 5. The largest absolute Gasteiger partial charge is 0.394 e. The molecule has 1 fully saturated rings. The summed E-state index contributed by atoms with van der Waals surface area (Å²) < 4.78 is 5.29. The molecule has 0 aromatic carbocycles. The molecule has 2 rings (SSSR count). The zero-order chi connectivity index (χ0) is 12.6. The zero-order valence-electron chi connectivity index (χ0n) is 8.89. The van der Waals surface area contributed by atoms with E-state index in [1.54, 1.807) is 0 Å². The predicted molar refractivity (Wildman–Crippen MR) is 57.6 cm³/mol. The quantitative estimate of drug-likeness (QED) is 0.392. The van der Waals surface area contributed by atoms with Crippen LogP contribution >= 0.6 is 0 Å². The number of aliphatic hydroxyl groups is 3. The van der Waals surface area contributed by atoms with Gasteiger partial charge in [0.05, 0.1) is 6.61 Å². The average Bonchev–Trinajstić information content (AvgIpc) is 2.57. The van der Waals surface area contributed by atoms with Gasteiger partial charge in [-0.1, -0.05) is 0 Å². The third kappa shape index (κ3) is 2.03. The van der Waals surface area contributed by atoms with Crippen molar-refractivity contribution in [1.82, 2.24) is 9.97 Å². The number of aromatic nitrogens is 2. The number of nitrogen functional groups attached to an aromatic ring is 2. The Hall–Kier alpha value is -1.48. The van der Waals surface area contributed by atoms with Gasteiger partial charge in [-0.2, -0.15) is 4.98 Å². The fourth-order valence-corrected chi connectivity index (χ4v) is 1.79. The maximum atomic E-state index is 9.78. The van der Waals surface area contributed by atoms with Crippen molar-refractivity contribution in [2.45, 2.75) is 24.4 Å². The van der Waals surface area contributed by atoms with E-state index in [-0.39, 0.29) is 11.8 Å². The van der Waals surface area contributed by atoms with Gasteiger partial charge in [-0.3, -0.25) is 0 Å². The molecule has 17 heavy (non-hydrogen) atoms. The highest BCUT2D eigenvalue weighted by atomic mass is 16.6. The van der Waals surface area contributed by atoms with Crippen molar-refractivity contribution in [1.29, 1.82) is 0 Å². The summed E-state index contributed by atoms with van der Waals surface area (Å²) in [5, 5.41) is 28.3. The molecule has 1 aromatic heterocycles. The number of anilines is 2. The lowest BCUT2D eigenvalue weighted by Gasteiger charge is -2.15. The maximum absolute atomic E-state index is 9.78. The lowest BCUT2D eigenvalue weighted by atomic mass is 10.0. The van der Waals surface area contributed by atoms with Crippen LogP contribution in [0.15, 0.2) is 6.20 Å². The molecule has 0 spiro atoms. The number of nitrogens with two attached hydrogens (primary N) is 2. The third-order valence-electron chi connectivity index (χ3n) is 2.72. The highest BCUT2D eigenvalue weighted by molar-refractivity contribution is 5.43. The van der Waals surface area contributed by atoms with Crippen LogP contribution in [0.1, 0.15) is 11.7 Å². The molecule has 4 unspecified atom stereocenters. The first kappa shape index (κ1) is 12.0. The second kappa shape index (κ2) is 4.41. The van der Waals surface area contributed by atoms with Crippen LogP contribution in [0.3, 0.4) is 0 Å². The summed E-state index contributed by atoms with van der Waals surface area (Å²) in [5.41, 5.74) is 11.3. The molecule has 0 radical (unpaired) electrons. The van der Waals surface area contributed by atoms with Crippen molar-refractivity contribution < 1.29 is 20.1 Å². The molecular weight excluding hydrogens is 228 g/mol. The van der Waals surface area contributed by atoms with Gasteiger partial charge in [0, 0.05) is 11.8 Å². The Morgan fingerprint density at radius 2 is 2.00 bits per heavy atom. The Kier molecular flexibility index (Phi) is 3.11. The average molecular weight is 242 g/mol. The van der Waals surface area contributed by atoms with Crippen molar-refractivity contribution in [3.8, 4) is 0 Å². The van der Waals surface area contributed by atoms with Crippen molar-refractivity contribution in [2.75, 3.05) is 18.1 Å². The van der Waals surface area contributed by atoms with Crippen LogP contribution in [0.2, 0.25) is 0 Å². The van der Waals surface area contributed by atoms with E-state index in [4.69, 9.17) is 21.3 Å². The Bertz CT molecular complexity index is 416. The van der Waals surface area contributed by atoms with E-state index < -0.39 is 31.0 Å². The number of nitrogens with zero attached hydrogens (tertiary/aromatic N) is 2. The molecule has 0 amide bonds. The second-order valence-corrected chi connectivity index (χ2v) is 3.83. The van der Waals surface area contributed by atoms with Crippen LogP contribution in [0.25, 0.3) is 0 Å². The molecule has 1 aliphatic heterocycles. The van der Waals surface area contributed by atoms with E-state index in [9.17, 15) is 10.2 Å². The van der Waals surface area contributed by atoms with Crippen LogP contribution < -0.4 is 11.5 Å². The van der Waals surface area contributed by atoms with Crippen molar-refractivity contribution in [3.63, 3.8) is 0 Å². The summed E-state index contributed by atoms with van der Waals surface area (Å²) in [6, 6.07) is 0. The van der Waals surface area contributed by atoms with Crippen LogP contribution in [-0.2, 0) is 4.74 Å². The van der Waals surface area contributed by atoms with E-state index in [0.29, 0.717) is 5.56 Å². The van der Waals surface area contributed by atoms with Crippen LogP contribution in [0.5, 0.6) is 0 Å². The molecule has 1 aromatic rings. The Morgan fingerprint density at radius 1 is 1.29 bits per heavy atom. The van der Waals surface area contributed by atoms with Crippen molar-refractivity contribution in [3.05, 3.63) is 11.8 Å². The van der Waals surface area contributed by atoms with Gasteiger partial charge in [-0.25, -0.2) is 4.98 Å². The molecule has 8 nitrogen and oxygen atoms in total. The van der Waals surface area contributed by atoms with E-state index >= 15 is 0 Å². The minimum absolute atomic E-state index is 0.0120. The Labute approximate surface area is 96.9 Å². The molecule has 0 saturated carbocycles. The molecular formula is C9H14N4O4. The lowest BCUT2D eigenvalue weighted by molar-refractivity contribution is -0.0227. The minimum Gasteiger partial charge on any atom is -0.394 e. The van der Waals surface area contributed by atoms with E-state index in [0.717, 1.165) is 0 Å². The summed E-state index contributed by atoms with van der Waals surface area (Å²) >= 11 is 0. The van der Waals surface area contributed by atoms with Gasteiger partial charge >= 0.3 is 0 Å². The summed E-state index contributed by atoms with van der Waals surface area (Å²) in [6.45, 7) is -0.398. The van der Waals surface area contributed by atoms with E-state index in [1.807, 2.05) is 0 Å². The lowest BCUT2D eigenvalue weighted by Crippen LogP contribution is -2.32. The topological polar surface area (TPSA) is 148 Å². The Morgan fingerprint density at radius 3 is 2.53 bits per heavy atom.